The van der Waals surface area contributed by atoms with Gasteiger partial charge in [-0.2, -0.15) is 25.3 Å². The Hall–Kier alpha value is -0.800. The highest BCUT2D eigenvalue weighted by Gasteiger charge is 2.40. The molecule has 0 saturated carbocycles. The first-order chi connectivity index (χ1) is 10.7. The van der Waals surface area contributed by atoms with Gasteiger partial charge in [-0.25, -0.2) is 0 Å². The van der Waals surface area contributed by atoms with Gasteiger partial charge in [0.05, 0.1) is 31.4 Å². The molecule has 1 saturated heterocycles. The maximum Gasteiger partial charge on any atom is 0.264 e. The molecule has 1 N–H and O–H groups in total. The van der Waals surface area contributed by atoms with Crippen LogP contribution < -0.4 is 5.32 Å². The monoisotopic (exact) mass is 409 g/mol. The maximum atomic E-state index is 11.5. The highest BCUT2D eigenvalue weighted by molar-refractivity contribution is 7.86. The molecule has 0 aliphatic carbocycles. The van der Waals surface area contributed by atoms with Gasteiger partial charge in [-0.15, -0.1) is 0 Å². The van der Waals surface area contributed by atoms with Crippen LogP contribution in [0.2, 0.25) is 0 Å². The predicted octanol–water partition coefficient (Wildman–Crippen LogP) is -2.07. The van der Waals surface area contributed by atoms with Gasteiger partial charge in [0.2, 0.25) is 5.91 Å². The number of rotatable bonds is 9. The van der Waals surface area contributed by atoms with Crippen LogP contribution in [0, 0.1) is 0 Å². The molecule has 0 bridgehead atoms. The molecule has 0 radical (unpaired) electrons. The normalized spacial score (nSPS) is 22.1. The van der Waals surface area contributed by atoms with Crippen LogP contribution in [-0.4, -0.2) is 74.8 Å². The van der Waals surface area contributed by atoms with Crippen LogP contribution in [0.3, 0.4) is 0 Å². The number of hydrogen-bond donors (Lipinski definition) is 1. The van der Waals surface area contributed by atoms with E-state index in [1.54, 1.807) is 0 Å². The Morgan fingerprint density at radius 3 is 1.92 bits per heavy atom. The average molecular weight is 409 g/mol. The molecule has 24 heavy (non-hydrogen) atoms. The predicted molar refractivity (Wildman–Crippen MR) is 81.4 cm³/mol. The second kappa shape index (κ2) is 7.61. The number of amides is 1. The molecule has 1 aliphatic rings. The zero-order valence-electron chi connectivity index (χ0n) is 13.2. The summed E-state index contributed by atoms with van der Waals surface area (Å²) >= 11 is 0. The van der Waals surface area contributed by atoms with Crippen molar-refractivity contribution < 1.29 is 42.6 Å². The molecule has 1 fully saturated rings. The smallest absolute Gasteiger partial charge is 0.264 e. The molecule has 0 aromatic heterocycles. The van der Waals surface area contributed by atoms with E-state index in [9.17, 15) is 30.0 Å². The summed E-state index contributed by atoms with van der Waals surface area (Å²) in [5, 5.41) is 2.43. The molecule has 1 aliphatic heterocycles. The van der Waals surface area contributed by atoms with E-state index in [1.807, 2.05) is 0 Å². The van der Waals surface area contributed by atoms with E-state index in [0.29, 0.717) is 6.26 Å². The van der Waals surface area contributed by atoms with E-state index < -0.39 is 55.2 Å². The Kier molecular flexibility index (Phi) is 6.74. The summed E-state index contributed by atoms with van der Waals surface area (Å²) in [6, 6.07) is -0.887. The largest absolute Gasteiger partial charge is 0.351 e. The number of nitrogens with one attached hydrogen (secondary N) is 1. The van der Waals surface area contributed by atoms with Crippen LogP contribution >= 0.6 is 0 Å². The lowest BCUT2D eigenvalue weighted by Crippen LogP contribution is -2.50. The summed E-state index contributed by atoms with van der Waals surface area (Å²) < 4.78 is 82.0. The lowest BCUT2D eigenvalue weighted by Gasteiger charge is -2.29. The van der Waals surface area contributed by atoms with Crippen molar-refractivity contribution in [2.45, 2.75) is 31.1 Å². The molecule has 1 amide bonds. The lowest BCUT2D eigenvalue weighted by atomic mass is 10.0. The Labute approximate surface area is 141 Å². The Morgan fingerprint density at radius 2 is 1.54 bits per heavy atom. The summed E-state index contributed by atoms with van der Waals surface area (Å²) in [7, 11) is -12.1. The highest BCUT2D eigenvalue weighted by atomic mass is 32.2. The van der Waals surface area contributed by atoms with E-state index in [2.05, 4.69) is 9.50 Å². The zero-order chi connectivity index (χ0) is 18.8. The van der Waals surface area contributed by atoms with Gasteiger partial charge in [0.15, 0.2) is 0 Å². The fourth-order valence-electron chi connectivity index (χ4n) is 2.07. The molecule has 14 heteroatoms. The van der Waals surface area contributed by atoms with Gasteiger partial charge >= 0.3 is 0 Å². The summed E-state index contributed by atoms with van der Waals surface area (Å²) in [5.41, 5.74) is 0. The van der Waals surface area contributed by atoms with Crippen molar-refractivity contribution in [3.8, 4) is 0 Å². The molecular formula is C10H19NO10S3. The van der Waals surface area contributed by atoms with Crippen molar-refractivity contribution in [1.82, 2.24) is 5.32 Å². The van der Waals surface area contributed by atoms with Gasteiger partial charge < -0.3 is 5.32 Å². The Bertz CT molecular complexity index is 770. The van der Waals surface area contributed by atoms with Gasteiger partial charge in [-0.05, 0) is 6.42 Å². The molecule has 0 spiro atoms. The minimum atomic E-state index is -4.10. The quantitative estimate of drug-likeness (QED) is 0.419. The van der Waals surface area contributed by atoms with Crippen LogP contribution in [0.1, 0.15) is 12.8 Å². The van der Waals surface area contributed by atoms with Crippen molar-refractivity contribution in [2.75, 3.05) is 25.4 Å². The number of hydrogen-bond acceptors (Lipinski definition) is 10. The average Bonchev–Trinajstić information content (AvgIpc) is 2.75. The summed E-state index contributed by atoms with van der Waals surface area (Å²) in [6.07, 6.45) is -0.699. The topological polar surface area (TPSA) is 159 Å². The lowest BCUT2D eigenvalue weighted by molar-refractivity contribution is -0.119. The fourth-order valence-corrected chi connectivity index (χ4v) is 3.72. The number of carbonyl (C=O) groups is 1. The van der Waals surface area contributed by atoms with Crippen LogP contribution in [-0.2, 0) is 47.7 Å². The van der Waals surface area contributed by atoms with Gasteiger partial charge in [0.25, 0.3) is 30.4 Å². The van der Waals surface area contributed by atoms with Crippen LogP contribution in [0.25, 0.3) is 0 Å². The van der Waals surface area contributed by atoms with Gasteiger partial charge in [-0.3, -0.25) is 17.3 Å². The molecular weight excluding hydrogens is 390 g/mol. The van der Waals surface area contributed by atoms with E-state index >= 15 is 0 Å². The van der Waals surface area contributed by atoms with E-state index in [0.717, 1.165) is 12.5 Å². The molecule has 1 rings (SSSR count). The molecule has 0 aromatic rings. The van der Waals surface area contributed by atoms with Gasteiger partial charge in [0, 0.05) is 6.42 Å². The van der Waals surface area contributed by atoms with Crippen molar-refractivity contribution >= 4 is 36.3 Å². The molecule has 3 atom stereocenters. The second-order valence-electron chi connectivity index (χ2n) is 5.31. The first kappa shape index (κ1) is 21.2. The Morgan fingerprint density at radius 1 is 1.00 bits per heavy atom. The zero-order valence-corrected chi connectivity index (χ0v) is 15.6. The van der Waals surface area contributed by atoms with Crippen LogP contribution in [0.5, 0.6) is 0 Å². The third-order valence-corrected chi connectivity index (χ3v) is 4.56. The summed E-state index contributed by atoms with van der Waals surface area (Å²) in [5.74, 6) is -0.385. The van der Waals surface area contributed by atoms with Crippen molar-refractivity contribution in [3.63, 3.8) is 0 Å². The highest BCUT2D eigenvalue weighted by Crippen LogP contribution is 2.21. The summed E-state index contributed by atoms with van der Waals surface area (Å²) in [6.45, 7) is -0.807. The maximum absolute atomic E-state index is 11.5. The molecule has 142 valence electrons. The van der Waals surface area contributed by atoms with Crippen molar-refractivity contribution in [2.24, 2.45) is 0 Å². The number of carbonyl (C=O) groups excluding carboxylic acids is 1. The fraction of sp³-hybridized carbons (Fsp3) is 0.900. The molecule has 0 unspecified atom stereocenters. The standard InChI is InChI=1S/C10H19NO10S3/c1-22(13,14)19-6-8(20-23(2,15)16)10(21-24(3,17)18)7-4-5-9(12)11-7/h7-8,10H,4-6H2,1-3H3,(H,11,12)/t7-,8-,10+/m0/s1. The third-order valence-electron chi connectivity index (χ3n) is 2.82. The summed E-state index contributed by atoms with van der Waals surface area (Å²) in [4.78, 5) is 11.3. The second-order valence-corrected chi connectivity index (χ2v) is 10.2. The van der Waals surface area contributed by atoms with Crippen molar-refractivity contribution in [1.29, 1.82) is 0 Å². The van der Waals surface area contributed by atoms with Crippen LogP contribution in [0.4, 0.5) is 0 Å². The van der Waals surface area contributed by atoms with Gasteiger partial charge in [-0.1, -0.05) is 0 Å². The SMILES string of the molecule is CS(=O)(=O)OC[C@H](OS(C)(=O)=O)[C@H](OS(C)(=O)=O)[C@@H]1CCC(=O)N1. The van der Waals surface area contributed by atoms with E-state index in [1.165, 1.54) is 0 Å². The molecule has 1 heterocycles. The first-order valence-electron chi connectivity index (χ1n) is 6.56. The minimum Gasteiger partial charge on any atom is -0.351 e. The van der Waals surface area contributed by atoms with E-state index in [4.69, 9.17) is 8.37 Å². The third kappa shape index (κ3) is 8.34. The minimum absolute atomic E-state index is 0.0762. The van der Waals surface area contributed by atoms with E-state index in [-0.39, 0.29) is 18.7 Å². The Balaban J connectivity index is 3.13. The first-order valence-corrected chi connectivity index (χ1v) is 12.0. The van der Waals surface area contributed by atoms with Gasteiger partial charge in [0.1, 0.15) is 12.2 Å². The molecule has 0 aromatic carbocycles. The molecule has 11 nitrogen and oxygen atoms in total. The van der Waals surface area contributed by atoms with Crippen LogP contribution in [0.15, 0.2) is 0 Å². The van der Waals surface area contributed by atoms with Crippen molar-refractivity contribution in [3.05, 3.63) is 0 Å².